The van der Waals surface area contributed by atoms with E-state index in [2.05, 4.69) is 49.4 Å². The molecular weight excluding hydrogens is 1110 g/mol. The largest absolute Gasteiger partial charge is 0.358 e. The summed E-state index contributed by atoms with van der Waals surface area (Å²) < 4.78 is 14.6. The third-order valence-electron chi connectivity index (χ3n) is 8.14. The molecule has 6 nitrogen and oxygen atoms in total. The zero-order valence-corrected chi connectivity index (χ0v) is 43.7. The molecule has 0 radical (unpaired) electrons. The molecule has 3 aliphatic rings. The number of aliphatic hydroxyl groups excluding tert-OH is 2. The Kier molecular flexibility index (Phi) is 45.1. The van der Waals surface area contributed by atoms with Gasteiger partial charge < -0.3 is 31.8 Å². The van der Waals surface area contributed by atoms with E-state index in [0.717, 1.165) is 66.0 Å². The van der Waals surface area contributed by atoms with Crippen LogP contribution in [0.3, 0.4) is 0 Å². The monoisotopic (exact) mass is 1180 g/mol. The summed E-state index contributed by atoms with van der Waals surface area (Å²) in [5.74, 6) is 1.55. The first-order chi connectivity index (χ1) is 22.3. The first-order valence-corrected chi connectivity index (χ1v) is 37.4. The summed E-state index contributed by atoms with van der Waals surface area (Å²) in [5, 5.41) is 17.3. The molecule has 2 heterocycles. The van der Waals surface area contributed by atoms with E-state index in [0.29, 0.717) is 12.5 Å². The van der Waals surface area contributed by atoms with Crippen LogP contribution in [0.15, 0.2) is 12.2 Å². The number of rotatable bonds is 22. The van der Waals surface area contributed by atoms with Gasteiger partial charge in [-0.2, -0.15) is 0 Å². The normalized spacial score (nSPS) is 21.3. The van der Waals surface area contributed by atoms with Crippen LogP contribution < -0.4 is 17.2 Å². The van der Waals surface area contributed by atoms with Gasteiger partial charge in [-0.3, -0.25) is 4.79 Å². The fourth-order valence-corrected chi connectivity index (χ4v) is 93.8. The molecular formula is C36H74BI4NO5Zn-2. The van der Waals surface area contributed by atoms with E-state index < -0.39 is 6.10 Å². The molecule has 0 aromatic carbocycles. The minimum Gasteiger partial charge on any atom is -0.358 e. The van der Waals surface area contributed by atoms with Gasteiger partial charge in [0.05, 0.1) is 12.7 Å². The topological polar surface area (TPSA) is 79.2 Å². The van der Waals surface area contributed by atoms with Crippen molar-refractivity contribution in [1.82, 2.24) is 4.90 Å². The van der Waals surface area contributed by atoms with Crippen LogP contribution in [0.25, 0.3) is 0 Å². The third kappa shape index (κ3) is 33.2. The summed E-state index contributed by atoms with van der Waals surface area (Å²) in [4.78, 5) is 13.2. The van der Waals surface area contributed by atoms with E-state index >= 15 is 0 Å². The maximum absolute atomic E-state index is 11.7. The number of aliphatic hydroxyl groups is 2. The fourth-order valence-electron chi connectivity index (χ4n) is 5.06. The number of hydrogen-bond donors (Lipinski definition) is 2. The molecule has 3 rings (SSSR count). The van der Waals surface area contributed by atoms with Crippen molar-refractivity contribution >= 4 is 64.7 Å². The average Bonchev–Trinajstić information content (AvgIpc) is 3.98. The summed E-state index contributed by atoms with van der Waals surface area (Å²) in [6.07, 6.45) is 26.7. The van der Waals surface area contributed by atoms with Crippen LogP contribution in [-0.4, -0.2) is 72.5 Å². The summed E-state index contributed by atoms with van der Waals surface area (Å²) in [7, 11) is 3.27. The van der Waals surface area contributed by atoms with Crippen molar-refractivity contribution < 1.29 is 61.0 Å². The maximum Gasteiger partial charge on any atom is 0 e. The van der Waals surface area contributed by atoms with Gasteiger partial charge >= 0.3 is 80.9 Å². The van der Waals surface area contributed by atoms with Gasteiger partial charge in [0.25, 0.3) is 5.91 Å². The Morgan fingerprint density at radius 2 is 1.48 bits per heavy atom. The Balaban J connectivity index is -0.000000573. The molecule has 0 aromatic rings. The van der Waals surface area contributed by atoms with Crippen molar-refractivity contribution in [3.8, 4) is 0 Å². The molecule has 0 unspecified atom stereocenters. The van der Waals surface area contributed by atoms with E-state index in [9.17, 15) is 4.79 Å². The van der Waals surface area contributed by atoms with Crippen molar-refractivity contribution in [1.29, 1.82) is 0 Å². The predicted molar refractivity (Wildman–Crippen MR) is 230 cm³/mol. The number of alkyl halides is 4. The minimum atomic E-state index is -0.429. The van der Waals surface area contributed by atoms with Crippen molar-refractivity contribution in [3.63, 3.8) is 0 Å². The van der Waals surface area contributed by atoms with Crippen molar-refractivity contribution in [2.24, 2.45) is 11.8 Å². The summed E-state index contributed by atoms with van der Waals surface area (Å²) in [5.41, 5.74) is 0. The average molecular weight is 1180 g/mol. The Bertz CT molecular complexity index is 728. The van der Waals surface area contributed by atoms with Crippen LogP contribution in [0, 0.1) is 19.3 Å². The summed E-state index contributed by atoms with van der Waals surface area (Å²) in [6.45, 7) is 9.13. The van der Waals surface area contributed by atoms with Crippen LogP contribution in [-0.2, 0) is 33.6 Å². The number of carbonyl (C=O) groups excluding carboxylic acids is 1. The van der Waals surface area contributed by atoms with Gasteiger partial charge in [-0.1, -0.05) is 123 Å². The van der Waals surface area contributed by atoms with Gasteiger partial charge in [-0.25, -0.2) is 0 Å². The Labute approximate surface area is 345 Å². The van der Waals surface area contributed by atoms with Gasteiger partial charge in [0.2, 0.25) is 0 Å². The fraction of sp³-hybridized carbons (Fsp3) is 0.889. The second-order valence-corrected chi connectivity index (χ2v) is 57.9. The molecule has 3 fully saturated rings. The van der Waals surface area contributed by atoms with E-state index in [1.807, 2.05) is 15.4 Å². The second-order valence-electron chi connectivity index (χ2n) is 12.6. The predicted octanol–water partition coefficient (Wildman–Crippen LogP) is 7.74. The molecule has 1 aliphatic carbocycles. The molecule has 48 heavy (non-hydrogen) atoms. The molecule has 0 aromatic heterocycles. The van der Waals surface area contributed by atoms with Crippen LogP contribution in [0.2, 0.25) is 6.32 Å². The molecule has 0 spiro atoms. The standard InChI is InChI=1S/C12H24O.C11H22O.C10H20BNO3.C2H5I4.CH3.Zn/c1-2-3-4-5-6-7-8-11-9-12(11)10-13;1-2-3-4-5-6-7-8-9-10-11-12;1-5-6-7-11-14-8(2)9(15-11)10(13)12(3)4;3-1-4-6-2-5-6;;/h11-13H,2-10H2,1H3;9-10,12H,2-8,11H2,1H3;8-9H,5-7H2,1-4H3;5H,1-2H2;1H3;/q;;;2*-1;/b;10-9+;;;;/t11-,12+;;8-,9+;;;/m1.0.../s1. The number of nitrogens with zero attached hydrogens (tertiary/aromatic N) is 1. The second kappa shape index (κ2) is 39.4. The van der Waals surface area contributed by atoms with Crippen LogP contribution in [0.5, 0.6) is 0 Å². The van der Waals surface area contributed by atoms with Crippen molar-refractivity contribution in [2.45, 2.75) is 155 Å². The van der Waals surface area contributed by atoms with Crippen LogP contribution in [0.1, 0.15) is 137 Å². The smallest absolute Gasteiger partial charge is 0 e. The molecule has 1 amide bonds. The summed E-state index contributed by atoms with van der Waals surface area (Å²) in [6, 6.07) is 0. The van der Waals surface area contributed by atoms with Gasteiger partial charge in [-0.15, -0.1) is 0 Å². The molecule has 288 valence electrons. The molecule has 4 atom stereocenters. The molecule has 0 bridgehead atoms. The number of carbonyl (C=O) groups is 1. The minimum absolute atomic E-state index is 0. The van der Waals surface area contributed by atoms with Gasteiger partial charge in [0.15, 0.2) is 0 Å². The molecule has 2 N–H and O–H groups in total. The number of amides is 1. The quantitative estimate of drug-likeness (QED) is 0.0290. The van der Waals surface area contributed by atoms with Crippen LogP contribution >= 0.6 is 51.7 Å². The number of hydrogen-bond acceptors (Lipinski definition) is 5. The van der Waals surface area contributed by atoms with Gasteiger partial charge in [0.1, 0.15) is 6.10 Å². The molecule has 1 saturated carbocycles. The molecule has 2 saturated heterocycles. The Morgan fingerprint density at radius 3 is 1.94 bits per heavy atom. The third-order valence-corrected chi connectivity index (χ3v) is 64.8. The van der Waals surface area contributed by atoms with Gasteiger partial charge in [-0.05, 0) is 44.3 Å². The molecule has 2 aliphatic heterocycles. The number of unbranched alkanes of at least 4 members (excludes halogenated alkanes) is 12. The SMILES string of the molecule is CCCCB1O[C@@H](C)[C@H](C(=O)N(C)C)O1.CCCCCCCC/C=C/CO.CCCCCCCC[C@@H]1C[C@H]1CO.IC[I-]I1C[IH]1.[CH3-].[Zn]. The Hall–Kier alpha value is 2.66. The van der Waals surface area contributed by atoms with E-state index in [1.54, 1.807) is 21.4 Å². The number of likely N-dealkylation sites (N-methyl/N-ethyl adjacent to an activating group) is 1. The molecule has 12 heteroatoms. The van der Waals surface area contributed by atoms with E-state index in [-0.39, 0.29) is 64.5 Å². The van der Waals surface area contributed by atoms with E-state index in [4.69, 9.17) is 19.5 Å². The van der Waals surface area contributed by atoms with Crippen molar-refractivity contribution in [2.75, 3.05) is 32.2 Å². The summed E-state index contributed by atoms with van der Waals surface area (Å²) >= 11 is 4.44. The zero-order chi connectivity index (χ0) is 34.4. The first-order valence-electron chi connectivity index (χ1n) is 18.1. The van der Waals surface area contributed by atoms with Crippen LogP contribution in [0.4, 0.5) is 0 Å². The number of allylic oxidation sites excluding steroid dienone is 1. The zero-order valence-electron chi connectivity index (χ0n) is 31.9. The first kappa shape index (κ1) is 55.0. The number of halogens is 4. The van der Waals surface area contributed by atoms with Gasteiger partial charge in [0, 0.05) is 40.2 Å². The van der Waals surface area contributed by atoms with Crippen molar-refractivity contribution in [3.05, 3.63) is 19.6 Å². The Morgan fingerprint density at radius 1 is 0.917 bits per heavy atom. The maximum atomic E-state index is 11.7. The van der Waals surface area contributed by atoms with E-state index in [1.165, 1.54) is 89.9 Å².